The van der Waals surface area contributed by atoms with Crippen molar-refractivity contribution >= 4 is 39.5 Å². The smallest absolute Gasteiger partial charge is 0.242 e. The van der Waals surface area contributed by atoms with Gasteiger partial charge >= 0.3 is 0 Å². The van der Waals surface area contributed by atoms with E-state index < -0.39 is 6.04 Å². The summed E-state index contributed by atoms with van der Waals surface area (Å²) in [5, 5.41) is 2.98. The largest absolute Gasteiger partial charge is 0.497 e. The molecule has 2 rings (SSSR count). The first-order valence-electron chi connectivity index (χ1n) is 10.2. The summed E-state index contributed by atoms with van der Waals surface area (Å²) in [6.07, 6.45) is 0. The molecule has 0 aromatic heterocycles. The Kier molecular flexibility index (Phi) is 9.44. The van der Waals surface area contributed by atoms with Gasteiger partial charge in [-0.1, -0.05) is 40.2 Å². The Balaban J connectivity index is 2.09. The molecule has 0 aliphatic carbocycles. The second-order valence-corrected chi connectivity index (χ2v) is 10.3. The van der Waals surface area contributed by atoms with Crippen LogP contribution in [0.3, 0.4) is 0 Å². The first kappa shape index (κ1) is 25.3. The van der Waals surface area contributed by atoms with Crippen LogP contribution in [0.25, 0.3) is 0 Å². The maximum Gasteiger partial charge on any atom is 0.242 e. The molecule has 5 nitrogen and oxygen atoms in total. The Hall–Kier alpha value is -1.99. The van der Waals surface area contributed by atoms with E-state index in [4.69, 9.17) is 4.74 Å². The minimum atomic E-state index is -0.581. The van der Waals surface area contributed by atoms with Crippen molar-refractivity contribution in [3.05, 3.63) is 64.1 Å². The van der Waals surface area contributed by atoms with Crippen LogP contribution in [-0.4, -0.2) is 41.2 Å². The molecule has 2 aromatic carbocycles. The van der Waals surface area contributed by atoms with Gasteiger partial charge in [-0.25, -0.2) is 0 Å². The van der Waals surface area contributed by atoms with Crippen molar-refractivity contribution in [2.75, 3.05) is 12.9 Å². The maximum atomic E-state index is 13.1. The van der Waals surface area contributed by atoms with E-state index in [-0.39, 0.29) is 17.4 Å². The molecule has 0 radical (unpaired) electrons. The van der Waals surface area contributed by atoms with Gasteiger partial charge in [0.25, 0.3) is 0 Å². The Morgan fingerprint density at radius 1 is 1.06 bits per heavy atom. The molecule has 0 aliphatic rings. The number of methoxy groups -OCH3 is 1. The lowest BCUT2D eigenvalue weighted by molar-refractivity contribution is -0.139. The first-order chi connectivity index (χ1) is 14.6. The number of carbonyl (C=O) groups excluding carboxylic acids is 2. The number of carbonyl (C=O) groups is 2. The van der Waals surface area contributed by atoms with Gasteiger partial charge in [0.15, 0.2) is 0 Å². The van der Waals surface area contributed by atoms with Gasteiger partial charge in [-0.15, -0.1) is 11.8 Å². The average molecular weight is 507 g/mol. The second-order valence-electron chi connectivity index (χ2n) is 8.40. The normalized spacial score (nSPS) is 12.2. The molecule has 2 amide bonds. The molecule has 168 valence electrons. The summed E-state index contributed by atoms with van der Waals surface area (Å²) < 4.78 is 6.24. The number of nitrogens with zero attached hydrogens (tertiary/aromatic N) is 1. The third-order valence-corrected chi connectivity index (χ3v) is 6.10. The van der Waals surface area contributed by atoms with Crippen molar-refractivity contribution in [1.29, 1.82) is 0 Å². The molecule has 0 bridgehead atoms. The predicted octanol–water partition coefficient (Wildman–Crippen LogP) is 5.02. The van der Waals surface area contributed by atoms with Gasteiger partial charge in [-0.05, 0) is 63.1 Å². The molecule has 0 saturated carbocycles. The number of rotatable bonds is 9. The summed E-state index contributed by atoms with van der Waals surface area (Å²) in [6, 6.07) is 15.0. The monoisotopic (exact) mass is 506 g/mol. The standard InChI is InChI=1S/C24H31BrN2O3S/c1-17(23(29)26-24(2,3)4)27(14-18-8-12-21(30-5)13-9-18)22(28)16-31-15-19-6-10-20(25)11-7-19/h6-13,17H,14-16H2,1-5H3,(H,26,29)/t17-/m1/s1. The zero-order valence-corrected chi connectivity index (χ0v) is 21.2. The summed E-state index contributed by atoms with van der Waals surface area (Å²) in [5.41, 5.74) is 1.74. The lowest BCUT2D eigenvalue weighted by Crippen LogP contribution is -2.52. The molecule has 2 aromatic rings. The molecule has 1 N–H and O–H groups in total. The summed E-state index contributed by atoms with van der Waals surface area (Å²) in [6.45, 7) is 7.94. The zero-order valence-electron chi connectivity index (χ0n) is 18.8. The molecule has 0 heterocycles. The van der Waals surface area contributed by atoms with Crippen molar-refractivity contribution in [2.45, 2.75) is 51.6 Å². The molecule has 0 fully saturated rings. The fourth-order valence-electron chi connectivity index (χ4n) is 2.90. The number of hydrogen-bond donors (Lipinski definition) is 1. The second kappa shape index (κ2) is 11.6. The Morgan fingerprint density at radius 2 is 1.65 bits per heavy atom. The zero-order chi connectivity index (χ0) is 23.0. The van der Waals surface area contributed by atoms with E-state index in [2.05, 4.69) is 21.2 Å². The highest BCUT2D eigenvalue weighted by molar-refractivity contribution is 9.10. The van der Waals surface area contributed by atoms with Crippen LogP contribution in [0.4, 0.5) is 0 Å². The van der Waals surface area contributed by atoms with Crippen LogP contribution in [0.5, 0.6) is 5.75 Å². The van der Waals surface area contributed by atoms with Gasteiger partial charge in [-0.2, -0.15) is 0 Å². The van der Waals surface area contributed by atoms with E-state index in [1.54, 1.807) is 30.7 Å². The number of thioether (sulfide) groups is 1. The van der Waals surface area contributed by atoms with Crippen molar-refractivity contribution < 1.29 is 14.3 Å². The number of ether oxygens (including phenoxy) is 1. The molecular weight excluding hydrogens is 476 g/mol. The quantitative estimate of drug-likeness (QED) is 0.518. The fourth-order valence-corrected chi connectivity index (χ4v) is 4.04. The van der Waals surface area contributed by atoms with Crippen molar-refractivity contribution in [3.63, 3.8) is 0 Å². The summed E-state index contributed by atoms with van der Waals surface area (Å²) in [4.78, 5) is 27.6. The molecule has 0 saturated heterocycles. The summed E-state index contributed by atoms with van der Waals surface area (Å²) >= 11 is 4.98. The molecular formula is C24H31BrN2O3S. The summed E-state index contributed by atoms with van der Waals surface area (Å²) in [7, 11) is 1.62. The van der Waals surface area contributed by atoms with Gasteiger partial charge < -0.3 is 15.0 Å². The number of halogens is 1. The average Bonchev–Trinajstić information content (AvgIpc) is 2.72. The number of nitrogens with one attached hydrogen (secondary N) is 1. The Labute approximate surface area is 198 Å². The highest BCUT2D eigenvalue weighted by atomic mass is 79.9. The SMILES string of the molecule is COc1ccc(CN(C(=O)CSCc2ccc(Br)cc2)[C@H](C)C(=O)NC(C)(C)C)cc1. The van der Waals surface area contributed by atoms with E-state index >= 15 is 0 Å². The van der Waals surface area contributed by atoms with Crippen LogP contribution < -0.4 is 10.1 Å². The van der Waals surface area contributed by atoms with Crippen LogP contribution in [-0.2, 0) is 21.9 Å². The van der Waals surface area contributed by atoms with Crippen LogP contribution in [0, 0.1) is 0 Å². The lowest BCUT2D eigenvalue weighted by atomic mass is 10.1. The third-order valence-electron chi connectivity index (χ3n) is 4.58. The maximum absolute atomic E-state index is 13.1. The minimum absolute atomic E-state index is 0.0607. The molecule has 31 heavy (non-hydrogen) atoms. The first-order valence-corrected chi connectivity index (χ1v) is 12.1. The minimum Gasteiger partial charge on any atom is -0.497 e. The number of amides is 2. The van der Waals surface area contributed by atoms with E-state index in [0.717, 1.165) is 27.1 Å². The van der Waals surface area contributed by atoms with Crippen LogP contribution in [0.15, 0.2) is 53.0 Å². The van der Waals surface area contributed by atoms with Crippen molar-refractivity contribution in [2.24, 2.45) is 0 Å². The molecule has 0 spiro atoms. The molecule has 0 aliphatic heterocycles. The van der Waals surface area contributed by atoms with E-state index in [1.807, 2.05) is 69.3 Å². The van der Waals surface area contributed by atoms with E-state index in [0.29, 0.717) is 12.3 Å². The fraction of sp³-hybridized carbons (Fsp3) is 0.417. The highest BCUT2D eigenvalue weighted by Gasteiger charge is 2.28. The van der Waals surface area contributed by atoms with Gasteiger partial charge in [0.2, 0.25) is 11.8 Å². The van der Waals surface area contributed by atoms with E-state index in [1.165, 1.54) is 0 Å². The lowest BCUT2D eigenvalue weighted by Gasteiger charge is -2.31. The van der Waals surface area contributed by atoms with Gasteiger partial charge in [0.1, 0.15) is 11.8 Å². The summed E-state index contributed by atoms with van der Waals surface area (Å²) in [5.74, 6) is 1.57. The van der Waals surface area contributed by atoms with Crippen LogP contribution in [0.1, 0.15) is 38.8 Å². The van der Waals surface area contributed by atoms with Crippen molar-refractivity contribution in [1.82, 2.24) is 10.2 Å². The van der Waals surface area contributed by atoms with E-state index in [9.17, 15) is 9.59 Å². The van der Waals surface area contributed by atoms with Crippen LogP contribution in [0.2, 0.25) is 0 Å². The Morgan fingerprint density at radius 3 is 2.19 bits per heavy atom. The topological polar surface area (TPSA) is 58.6 Å². The number of benzene rings is 2. The Bertz CT molecular complexity index is 864. The predicted molar refractivity (Wildman–Crippen MR) is 131 cm³/mol. The van der Waals surface area contributed by atoms with Crippen molar-refractivity contribution in [3.8, 4) is 5.75 Å². The highest BCUT2D eigenvalue weighted by Crippen LogP contribution is 2.19. The van der Waals surface area contributed by atoms with Crippen LogP contribution >= 0.6 is 27.7 Å². The third kappa shape index (κ3) is 8.57. The number of hydrogen-bond acceptors (Lipinski definition) is 4. The molecule has 7 heteroatoms. The van der Waals surface area contributed by atoms with Gasteiger partial charge in [0, 0.05) is 22.3 Å². The molecule has 0 unspecified atom stereocenters. The van der Waals surface area contributed by atoms with Gasteiger partial charge in [0.05, 0.1) is 12.9 Å². The van der Waals surface area contributed by atoms with Gasteiger partial charge in [-0.3, -0.25) is 9.59 Å². The molecule has 1 atom stereocenters.